The van der Waals surface area contributed by atoms with Gasteiger partial charge in [0.2, 0.25) is 10.0 Å². The van der Waals surface area contributed by atoms with Crippen molar-refractivity contribution in [1.82, 2.24) is 9.21 Å². The number of nitro groups is 1. The topological polar surface area (TPSA) is 83.8 Å². The largest absolute Gasteiger partial charge is 0.296 e. The highest BCUT2D eigenvalue weighted by molar-refractivity contribution is 7.89. The van der Waals surface area contributed by atoms with Crippen molar-refractivity contribution in [2.75, 3.05) is 26.2 Å². The van der Waals surface area contributed by atoms with Crippen molar-refractivity contribution in [2.24, 2.45) is 0 Å². The first-order chi connectivity index (χ1) is 12.0. The third kappa shape index (κ3) is 4.04. The molecule has 25 heavy (non-hydrogen) atoms. The summed E-state index contributed by atoms with van der Waals surface area (Å²) >= 11 is 0. The van der Waals surface area contributed by atoms with Crippen LogP contribution in [0.1, 0.15) is 5.56 Å². The molecule has 7 nitrogen and oxygen atoms in total. The molecule has 0 saturated carbocycles. The number of hydrogen-bond acceptors (Lipinski definition) is 5. The van der Waals surface area contributed by atoms with Crippen molar-refractivity contribution in [2.45, 2.75) is 11.4 Å². The molecule has 0 spiro atoms. The number of benzene rings is 2. The summed E-state index contributed by atoms with van der Waals surface area (Å²) in [5.74, 6) is 0. The van der Waals surface area contributed by atoms with E-state index in [1.165, 1.54) is 16.4 Å². The van der Waals surface area contributed by atoms with Gasteiger partial charge < -0.3 is 0 Å². The first-order valence-corrected chi connectivity index (χ1v) is 9.42. The molecule has 0 bridgehead atoms. The molecular formula is C17H19N3O4S. The maximum absolute atomic E-state index is 12.6. The Kier molecular flexibility index (Phi) is 5.12. The molecule has 1 aliphatic rings. The maximum atomic E-state index is 12.6. The van der Waals surface area contributed by atoms with Gasteiger partial charge in [-0.15, -0.1) is 0 Å². The Morgan fingerprint density at radius 2 is 1.52 bits per heavy atom. The first kappa shape index (κ1) is 17.5. The molecule has 132 valence electrons. The summed E-state index contributed by atoms with van der Waals surface area (Å²) in [5, 5.41) is 10.7. The molecule has 1 saturated heterocycles. The van der Waals surface area contributed by atoms with Crippen LogP contribution in [0.5, 0.6) is 0 Å². The second-order valence-corrected chi connectivity index (χ2v) is 7.85. The second kappa shape index (κ2) is 7.30. The molecule has 0 N–H and O–H groups in total. The van der Waals surface area contributed by atoms with Crippen LogP contribution in [0.15, 0.2) is 59.5 Å². The summed E-state index contributed by atoms with van der Waals surface area (Å²) in [6.45, 7) is 2.78. The van der Waals surface area contributed by atoms with Crippen LogP contribution < -0.4 is 0 Å². The quantitative estimate of drug-likeness (QED) is 0.601. The number of piperazine rings is 1. The van der Waals surface area contributed by atoms with Crippen molar-refractivity contribution in [1.29, 1.82) is 0 Å². The third-order valence-corrected chi connectivity index (χ3v) is 6.18. The van der Waals surface area contributed by atoms with Crippen LogP contribution in [0.4, 0.5) is 5.69 Å². The minimum atomic E-state index is -3.44. The van der Waals surface area contributed by atoms with Crippen LogP contribution in [-0.2, 0) is 16.6 Å². The van der Waals surface area contributed by atoms with Crippen LogP contribution in [-0.4, -0.2) is 48.7 Å². The Morgan fingerprint density at radius 1 is 0.920 bits per heavy atom. The third-order valence-electron chi connectivity index (χ3n) is 4.27. The molecule has 0 aromatic heterocycles. The van der Waals surface area contributed by atoms with Gasteiger partial charge in [-0.3, -0.25) is 15.0 Å². The molecule has 1 fully saturated rings. The molecule has 2 aromatic rings. The minimum Gasteiger partial charge on any atom is -0.296 e. The molecule has 2 aromatic carbocycles. The van der Waals surface area contributed by atoms with Crippen molar-refractivity contribution >= 4 is 15.7 Å². The predicted molar refractivity (Wildman–Crippen MR) is 93.6 cm³/mol. The highest BCUT2D eigenvalue weighted by Gasteiger charge is 2.28. The Morgan fingerprint density at radius 3 is 2.08 bits per heavy atom. The standard InChI is InChI=1S/C17H19N3O4S/c21-20(22)16-8-6-15(7-9-16)14-18-10-12-19(13-11-18)25(23,24)17-4-2-1-3-5-17/h1-9H,10-14H2. The van der Waals surface area contributed by atoms with Gasteiger partial charge in [-0.05, 0) is 17.7 Å². The number of non-ortho nitro benzene ring substituents is 1. The normalized spacial score (nSPS) is 16.6. The van der Waals surface area contributed by atoms with Gasteiger partial charge >= 0.3 is 0 Å². The molecule has 1 heterocycles. The van der Waals surface area contributed by atoms with E-state index in [0.29, 0.717) is 37.6 Å². The summed E-state index contributed by atoms with van der Waals surface area (Å²) in [6.07, 6.45) is 0. The lowest BCUT2D eigenvalue weighted by atomic mass is 10.2. The van der Waals surface area contributed by atoms with Crippen molar-refractivity contribution in [3.63, 3.8) is 0 Å². The van der Waals surface area contributed by atoms with Gasteiger partial charge in [0.05, 0.1) is 9.82 Å². The van der Waals surface area contributed by atoms with E-state index in [4.69, 9.17) is 0 Å². The van der Waals surface area contributed by atoms with E-state index in [2.05, 4.69) is 4.90 Å². The fourth-order valence-corrected chi connectivity index (χ4v) is 4.29. The van der Waals surface area contributed by atoms with Gasteiger partial charge in [-0.2, -0.15) is 4.31 Å². The second-order valence-electron chi connectivity index (χ2n) is 5.92. The van der Waals surface area contributed by atoms with Gasteiger partial charge in [0.25, 0.3) is 5.69 Å². The molecule has 3 rings (SSSR count). The van der Waals surface area contributed by atoms with Crippen molar-refractivity contribution in [3.8, 4) is 0 Å². The summed E-state index contributed by atoms with van der Waals surface area (Å²) in [6, 6.07) is 14.9. The Bertz CT molecular complexity index is 830. The number of hydrogen-bond donors (Lipinski definition) is 0. The Labute approximate surface area is 146 Å². The van der Waals surface area contributed by atoms with Gasteiger partial charge in [0.1, 0.15) is 0 Å². The molecule has 0 radical (unpaired) electrons. The van der Waals surface area contributed by atoms with Crippen LogP contribution in [0.25, 0.3) is 0 Å². The molecule has 0 amide bonds. The smallest absolute Gasteiger partial charge is 0.269 e. The number of nitrogens with zero attached hydrogens (tertiary/aromatic N) is 3. The molecular weight excluding hydrogens is 342 g/mol. The zero-order valence-electron chi connectivity index (χ0n) is 13.6. The van der Waals surface area contributed by atoms with Crippen molar-refractivity contribution in [3.05, 3.63) is 70.3 Å². The van der Waals surface area contributed by atoms with Gasteiger partial charge in [-0.1, -0.05) is 30.3 Å². The zero-order valence-corrected chi connectivity index (χ0v) is 14.4. The molecule has 8 heteroatoms. The Balaban J connectivity index is 1.59. The van der Waals surface area contributed by atoms with Crippen LogP contribution >= 0.6 is 0 Å². The average molecular weight is 361 g/mol. The Hall–Kier alpha value is -2.29. The van der Waals surface area contributed by atoms with E-state index in [0.717, 1.165) is 5.56 Å². The number of nitro benzene ring substituents is 1. The van der Waals surface area contributed by atoms with Crippen LogP contribution in [0.2, 0.25) is 0 Å². The van der Waals surface area contributed by atoms with E-state index in [1.54, 1.807) is 42.5 Å². The fraction of sp³-hybridized carbons (Fsp3) is 0.294. The van der Waals surface area contributed by atoms with Gasteiger partial charge in [-0.25, -0.2) is 8.42 Å². The van der Waals surface area contributed by atoms with Gasteiger partial charge in [0.15, 0.2) is 0 Å². The monoisotopic (exact) mass is 361 g/mol. The summed E-state index contributed by atoms with van der Waals surface area (Å²) in [5.41, 5.74) is 1.05. The lowest BCUT2D eigenvalue weighted by molar-refractivity contribution is -0.384. The minimum absolute atomic E-state index is 0.0718. The molecule has 0 aliphatic carbocycles. The van der Waals surface area contributed by atoms with Gasteiger partial charge in [0, 0.05) is 44.9 Å². The van der Waals surface area contributed by atoms with E-state index in [-0.39, 0.29) is 5.69 Å². The highest BCUT2D eigenvalue weighted by Crippen LogP contribution is 2.19. The zero-order chi connectivity index (χ0) is 17.9. The fourth-order valence-electron chi connectivity index (χ4n) is 2.85. The number of rotatable bonds is 5. The summed E-state index contributed by atoms with van der Waals surface area (Å²) in [4.78, 5) is 12.7. The number of sulfonamides is 1. The van der Waals surface area contributed by atoms with Crippen molar-refractivity contribution < 1.29 is 13.3 Å². The SMILES string of the molecule is O=[N+]([O-])c1ccc(CN2CCN(S(=O)(=O)c3ccccc3)CC2)cc1. The molecule has 0 atom stereocenters. The maximum Gasteiger partial charge on any atom is 0.269 e. The molecule has 0 unspecified atom stereocenters. The van der Waals surface area contributed by atoms with E-state index in [1.807, 2.05) is 0 Å². The van der Waals surface area contributed by atoms with Crippen LogP contribution in [0, 0.1) is 10.1 Å². The average Bonchev–Trinajstić information content (AvgIpc) is 2.63. The predicted octanol–water partition coefficient (Wildman–Crippen LogP) is 2.10. The lowest BCUT2D eigenvalue weighted by Crippen LogP contribution is -2.48. The molecule has 1 aliphatic heterocycles. The van der Waals surface area contributed by atoms with E-state index in [9.17, 15) is 18.5 Å². The van der Waals surface area contributed by atoms with E-state index < -0.39 is 14.9 Å². The lowest BCUT2D eigenvalue weighted by Gasteiger charge is -2.34. The first-order valence-electron chi connectivity index (χ1n) is 7.98. The van der Waals surface area contributed by atoms with E-state index >= 15 is 0 Å². The summed E-state index contributed by atoms with van der Waals surface area (Å²) < 4.78 is 26.7. The summed E-state index contributed by atoms with van der Waals surface area (Å²) in [7, 11) is -3.44. The van der Waals surface area contributed by atoms with Crippen LogP contribution in [0.3, 0.4) is 0 Å². The highest BCUT2D eigenvalue weighted by atomic mass is 32.2.